The van der Waals surface area contributed by atoms with Crippen molar-refractivity contribution in [3.63, 3.8) is 0 Å². The van der Waals surface area contributed by atoms with Gasteiger partial charge in [0, 0.05) is 6.61 Å². The van der Waals surface area contributed by atoms with Gasteiger partial charge in [-0.1, -0.05) is 128 Å². The minimum Gasteiger partial charge on any atom is -0.423 e. The van der Waals surface area contributed by atoms with Crippen molar-refractivity contribution in [2.45, 2.75) is 136 Å². The lowest BCUT2D eigenvalue weighted by molar-refractivity contribution is 0.0627. The van der Waals surface area contributed by atoms with Crippen LogP contribution in [-0.4, -0.2) is 12.6 Å². The van der Waals surface area contributed by atoms with Crippen molar-refractivity contribution in [3.05, 3.63) is 65.2 Å². The Morgan fingerprint density at radius 3 is 1.68 bits per heavy atom. The Morgan fingerprint density at radius 1 is 0.632 bits per heavy atom. The molecule has 2 aromatic rings. The van der Waals surface area contributed by atoms with Crippen LogP contribution in [0, 0.1) is 0 Å². The molecule has 0 aliphatic rings. The fourth-order valence-electron chi connectivity index (χ4n) is 4.84. The van der Waals surface area contributed by atoms with Gasteiger partial charge in [-0.15, -0.1) is 0 Å². The quantitative estimate of drug-likeness (QED) is 0.0876. The molecule has 38 heavy (non-hydrogen) atoms. The Balaban J connectivity index is 1.62. The van der Waals surface area contributed by atoms with Gasteiger partial charge in [-0.3, -0.25) is 0 Å². The van der Waals surface area contributed by atoms with Crippen molar-refractivity contribution in [3.8, 4) is 5.75 Å². The van der Waals surface area contributed by atoms with Gasteiger partial charge in [-0.05, 0) is 61.6 Å². The maximum absolute atomic E-state index is 12.6. The van der Waals surface area contributed by atoms with E-state index in [0.29, 0.717) is 11.3 Å². The molecule has 212 valence electrons. The van der Waals surface area contributed by atoms with Crippen LogP contribution in [0.5, 0.6) is 5.75 Å². The molecule has 0 aliphatic carbocycles. The normalized spacial score (nSPS) is 12.0. The van der Waals surface area contributed by atoms with Crippen molar-refractivity contribution in [2.24, 2.45) is 0 Å². The van der Waals surface area contributed by atoms with Gasteiger partial charge in [-0.25, -0.2) is 4.79 Å². The summed E-state index contributed by atoms with van der Waals surface area (Å²) in [6.45, 7) is 7.39. The van der Waals surface area contributed by atoms with E-state index >= 15 is 0 Å². The molecular formula is C35H54O3. The fourth-order valence-corrected chi connectivity index (χ4v) is 4.84. The molecule has 3 nitrogen and oxygen atoms in total. The average molecular weight is 523 g/mol. The molecule has 0 spiro atoms. The molecule has 1 atom stereocenters. The highest BCUT2D eigenvalue weighted by Crippen LogP contribution is 2.22. The van der Waals surface area contributed by atoms with E-state index in [1.54, 1.807) is 0 Å². The third kappa shape index (κ3) is 14.1. The van der Waals surface area contributed by atoms with Crippen LogP contribution in [0.25, 0.3) is 0 Å². The van der Waals surface area contributed by atoms with Crippen molar-refractivity contribution >= 4 is 5.97 Å². The standard InChI is InChI=1S/C35H54O3/c1-4-6-8-10-12-13-14-15-16-18-20-31-21-23-33(24-22-31)35(36)38-34-27-25-32(26-28-34)30(3)37-29-19-17-11-9-7-5-2/h21-28,30H,4-20,29H2,1-3H3. The summed E-state index contributed by atoms with van der Waals surface area (Å²) in [4.78, 5) is 12.6. The number of hydrogen-bond donors (Lipinski definition) is 0. The van der Waals surface area contributed by atoms with Crippen molar-refractivity contribution in [2.75, 3.05) is 6.61 Å². The lowest BCUT2D eigenvalue weighted by atomic mass is 10.0. The number of ether oxygens (including phenoxy) is 2. The summed E-state index contributed by atoms with van der Waals surface area (Å²) in [5.74, 6) is 0.256. The van der Waals surface area contributed by atoms with Crippen LogP contribution in [0.2, 0.25) is 0 Å². The van der Waals surface area contributed by atoms with Crippen LogP contribution in [0.15, 0.2) is 48.5 Å². The predicted molar refractivity (Wildman–Crippen MR) is 161 cm³/mol. The molecule has 0 saturated heterocycles. The lowest BCUT2D eigenvalue weighted by Gasteiger charge is -2.14. The molecule has 0 radical (unpaired) electrons. The molecule has 0 fully saturated rings. The summed E-state index contributed by atoms with van der Waals surface area (Å²) in [6, 6.07) is 15.6. The smallest absolute Gasteiger partial charge is 0.343 e. The van der Waals surface area contributed by atoms with Crippen molar-refractivity contribution in [1.82, 2.24) is 0 Å². The van der Waals surface area contributed by atoms with E-state index < -0.39 is 0 Å². The zero-order chi connectivity index (χ0) is 27.3. The van der Waals surface area contributed by atoms with Crippen LogP contribution in [0.4, 0.5) is 0 Å². The molecule has 2 rings (SSSR count). The van der Waals surface area contributed by atoms with Crippen LogP contribution in [0.3, 0.4) is 0 Å². The van der Waals surface area contributed by atoms with Gasteiger partial charge in [0.1, 0.15) is 5.75 Å². The van der Waals surface area contributed by atoms with E-state index in [9.17, 15) is 4.79 Å². The first-order chi connectivity index (χ1) is 18.6. The molecular weight excluding hydrogens is 468 g/mol. The molecule has 1 unspecified atom stereocenters. The monoisotopic (exact) mass is 522 g/mol. The molecule has 2 aromatic carbocycles. The molecule has 0 N–H and O–H groups in total. The molecule has 0 heterocycles. The van der Waals surface area contributed by atoms with Gasteiger partial charge < -0.3 is 9.47 Å². The van der Waals surface area contributed by atoms with Crippen LogP contribution in [-0.2, 0) is 11.2 Å². The maximum Gasteiger partial charge on any atom is 0.343 e. The fraction of sp³-hybridized carbons (Fsp3) is 0.629. The number of aryl methyl sites for hydroxylation is 1. The Hall–Kier alpha value is -2.13. The van der Waals surface area contributed by atoms with Gasteiger partial charge in [0.2, 0.25) is 0 Å². The zero-order valence-electron chi connectivity index (χ0n) is 24.6. The summed E-state index contributed by atoms with van der Waals surface area (Å²) in [5.41, 5.74) is 2.99. The lowest BCUT2D eigenvalue weighted by Crippen LogP contribution is -2.08. The topological polar surface area (TPSA) is 35.5 Å². The van der Waals surface area contributed by atoms with E-state index in [0.717, 1.165) is 25.0 Å². The first-order valence-corrected chi connectivity index (χ1v) is 15.7. The largest absolute Gasteiger partial charge is 0.423 e. The third-order valence-electron chi connectivity index (χ3n) is 7.43. The number of unbranched alkanes of at least 4 members (excludes halogenated alkanes) is 14. The third-order valence-corrected chi connectivity index (χ3v) is 7.43. The summed E-state index contributed by atoms with van der Waals surface area (Å²) in [7, 11) is 0. The van der Waals surface area contributed by atoms with Crippen LogP contribution in [0.1, 0.15) is 151 Å². The average Bonchev–Trinajstić information content (AvgIpc) is 2.94. The van der Waals surface area contributed by atoms with Crippen LogP contribution < -0.4 is 4.74 Å². The Labute approximate surface area is 233 Å². The number of esters is 1. The summed E-state index contributed by atoms with van der Waals surface area (Å²) in [5, 5.41) is 0. The first-order valence-electron chi connectivity index (χ1n) is 15.7. The molecule has 0 amide bonds. The SMILES string of the molecule is CCCCCCCCCCCCc1ccc(C(=O)Oc2ccc(C(C)OCCCCCCCC)cc2)cc1. The number of hydrogen-bond acceptors (Lipinski definition) is 3. The Kier molecular flexibility index (Phi) is 17.5. The minimum absolute atomic E-state index is 0.0403. The maximum atomic E-state index is 12.6. The highest BCUT2D eigenvalue weighted by atomic mass is 16.5. The number of carbonyl (C=O) groups excluding carboxylic acids is 1. The number of rotatable bonds is 22. The summed E-state index contributed by atoms with van der Waals surface area (Å²) < 4.78 is 11.6. The first kappa shape index (κ1) is 32.1. The van der Waals surface area contributed by atoms with E-state index in [-0.39, 0.29) is 12.1 Å². The molecule has 0 aromatic heterocycles. The zero-order valence-corrected chi connectivity index (χ0v) is 24.6. The van der Waals surface area contributed by atoms with E-state index in [1.165, 1.54) is 102 Å². The van der Waals surface area contributed by atoms with Crippen molar-refractivity contribution in [1.29, 1.82) is 0 Å². The van der Waals surface area contributed by atoms with Gasteiger partial charge in [0.25, 0.3) is 0 Å². The molecule has 0 aliphatic heterocycles. The van der Waals surface area contributed by atoms with Crippen LogP contribution >= 0.6 is 0 Å². The van der Waals surface area contributed by atoms with Crippen molar-refractivity contribution < 1.29 is 14.3 Å². The second kappa shape index (κ2) is 20.8. The molecule has 0 saturated carbocycles. The predicted octanol–water partition coefficient (Wildman–Crippen LogP) is 10.8. The summed E-state index contributed by atoms with van der Waals surface area (Å²) >= 11 is 0. The van der Waals surface area contributed by atoms with Gasteiger partial charge in [0.05, 0.1) is 11.7 Å². The molecule has 3 heteroatoms. The van der Waals surface area contributed by atoms with E-state index in [4.69, 9.17) is 9.47 Å². The molecule has 0 bridgehead atoms. The van der Waals surface area contributed by atoms with Gasteiger partial charge in [-0.2, -0.15) is 0 Å². The Bertz CT molecular complexity index is 840. The highest BCUT2D eigenvalue weighted by Gasteiger charge is 2.10. The highest BCUT2D eigenvalue weighted by molar-refractivity contribution is 5.91. The minimum atomic E-state index is -0.310. The van der Waals surface area contributed by atoms with Gasteiger partial charge >= 0.3 is 5.97 Å². The summed E-state index contributed by atoms with van der Waals surface area (Å²) in [6.07, 6.45) is 22.2. The number of carbonyl (C=O) groups is 1. The van der Waals surface area contributed by atoms with E-state index in [2.05, 4.69) is 32.9 Å². The Morgan fingerprint density at radius 2 is 1.13 bits per heavy atom. The second-order valence-electron chi connectivity index (χ2n) is 10.9. The second-order valence-corrected chi connectivity index (χ2v) is 10.9. The van der Waals surface area contributed by atoms with E-state index in [1.807, 2.05) is 36.4 Å². The van der Waals surface area contributed by atoms with Gasteiger partial charge in [0.15, 0.2) is 0 Å². The number of benzene rings is 2.